The molecule has 18 heavy (non-hydrogen) atoms. The van der Waals surface area contributed by atoms with Crippen LogP contribution in [-0.4, -0.2) is 23.9 Å². The summed E-state index contributed by atoms with van der Waals surface area (Å²) in [5.74, 6) is -2.41. The minimum absolute atomic E-state index is 0.0586. The Labute approximate surface area is 99.3 Å². The van der Waals surface area contributed by atoms with Gasteiger partial charge in [0.15, 0.2) is 6.61 Å². The predicted octanol–water partition coefficient (Wildman–Crippen LogP) is 2.86. The molecule has 0 bridgehead atoms. The molecule has 0 atom stereocenters. The summed E-state index contributed by atoms with van der Waals surface area (Å²) < 4.78 is 53.1. The Morgan fingerprint density at radius 1 is 1.39 bits per heavy atom. The molecular weight excluding hydrogens is 256 g/mol. The van der Waals surface area contributed by atoms with E-state index in [9.17, 15) is 22.4 Å². The molecule has 0 spiro atoms. The highest BCUT2D eigenvalue weighted by molar-refractivity contribution is 5.85. The van der Waals surface area contributed by atoms with Crippen molar-refractivity contribution < 1.29 is 32.2 Å². The molecule has 3 nitrogen and oxygen atoms in total. The zero-order chi connectivity index (χ0) is 13.8. The van der Waals surface area contributed by atoms with Crippen LogP contribution in [0.25, 0.3) is 6.08 Å². The Hall–Kier alpha value is -2.05. The molecule has 1 N–H and O–H groups in total. The fraction of sp³-hybridized carbons (Fsp3) is 0.182. The van der Waals surface area contributed by atoms with E-state index in [-0.39, 0.29) is 11.3 Å². The minimum Gasteiger partial charge on any atom is -0.484 e. The first kappa shape index (κ1) is 14.0. The summed E-state index contributed by atoms with van der Waals surface area (Å²) in [5, 5.41) is 8.34. The van der Waals surface area contributed by atoms with Crippen LogP contribution < -0.4 is 4.74 Å². The van der Waals surface area contributed by atoms with Crippen molar-refractivity contribution in [1.29, 1.82) is 0 Å². The fourth-order valence-corrected chi connectivity index (χ4v) is 1.06. The van der Waals surface area contributed by atoms with E-state index >= 15 is 0 Å². The number of halogens is 4. The highest BCUT2D eigenvalue weighted by Crippen LogP contribution is 2.21. The van der Waals surface area contributed by atoms with E-state index in [2.05, 4.69) is 4.74 Å². The van der Waals surface area contributed by atoms with Crippen LogP contribution in [0.3, 0.4) is 0 Å². The molecule has 0 unspecified atom stereocenters. The van der Waals surface area contributed by atoms with Gasteiger partial charge >= 0.3 is 12.1 Å². The summed E-state index contributed by atoms with van der Waals surface area (Å²) in [6.07, 6.45) is -2.79. The summed E-state index contributed by atoms with van der Waals surface area (Å²) in [7, 11) is 0. The van der Waals surface area contributed by atoms with Crippen molar-refractivity contribution >= 4 is 12.0 Å². The number of carbonyl (C=O) groups is 1. The van der Waals surface area contributed by atoms with Crippen LogP contribution in [-0.2, 0) is 4.79 Å². The van der Waals surface area contributed by atoms with Crippen molar-refractivity contribution in [2.24, 2.45) is 0 Å². The van der Waals surface area contributed by atoms with Crippen molar-refractivity contribution in [3.8, 4) is 5.75 Å². The van der Waals surface area contributed by atoms with Gasteiger partial charge in [-0.15, -0.1) is 0 Å². The smallest absolute Gasteiger partial charge is 0.422 e. The lowest BCUT2D eigenvalue weighted by Gasteiger charge is -2.09. The van der Waals surface area contributed by atoms with Crippen LogP contribution in [0.15, 0.2) is 24.3 Å². The summed E-state index contributed by atoms with van der Waals surface area (Å²) >= 11 is 0. The van der Waals surface area contributed by atoms with Gasteiger partial charge in [0.05, 0.1) is 0 Å². The number of ether oxygens (including phenoxy) is 1. The van der Waals surface area contributed by atoms with E-state index in [1.165, 1.54) is 0 Å². The van der Waals surface area contributed by atoms with Crippen molar-refractivity contribution in [1.82, 2.24) is 0 Å². The molecule has 0 aliphatic heterocycles. The molecule has 0 fully saturated rings. The number of aliphatic carboxylic acids is 1. The zero-order valence-corrected chi connectivity index (χ0v) is 8.87. The van der Waals surface area contributed by atoms with Crippen molar-refractivity contribution in [2.45, 2.75) is 6.18 Å². The Morgan fingerprint density at radius 3 is 2.56 bits per heavy atom. The van der Waals surface area contributed by atoms with Gasteiger partial charge in [-0.25, -0.2) is 9.18 Å². The molecule has 0 aliphatic carbocycles. The molecule has 0 amide bonds. The zero-order valence-electron chi connectivity index (χ0n) is 8.87. The Morgan fingerprint density at radius 2 is 2.06 bits per heavy atom. The van der Waals surface area contributed by atoms with Crippen molar-refractivity contribution in [3.63, 3.8) is 0 Å². The molecule has 1 rings (SSSR count). The van der Waals surface area contributed by atoms with Gasteiger partial charge in [-0.05, 0) is 18.2 Å². The van der Waals surface area contributed by atoms with Gasteiger partial charge in [0, 0.05) is 17.7 Å². The minimum atomic E-state index is -4.50. The van der Waals surface area contributed by atoms with E-state index in [1.54, 1.807) is 0 Å². The van der Waals surface area contributed by atoms with Gasteiger partial charge in [-0.2, -0.15) is 13.2 Å². The molecule has 0 aliphatic rings. The Kier molecular flexibility index (Phi) is 4.30. The van der Waals surface area contributed by atoms with Gasteiger partial charge in [0.2, 0.25) is 0 Å². The Balaban J connectivity index is 2.76. The quantitative estimate of drug-likeness (QED) is 0.672. The van der Waals surface area contributed by atoms with Crippen LogP contribution in [0.2, 0.25) is 0 Å². The van der Waals surface area contributed by atoms with Crippen LogP contribution in [0, 0.1) is 5.82 Å². The van der Waals surface area contributed by atoms with Crippen molar-refractivity contribution in [2.75, 3.05) is 6.61 Å². The SMILES string of the molecule is O=C(O)/C=C/c1ccc(OCC(F)(F)F)cc1F. The largest absolute Gasteiger partial charge is 0.484 e. The van der Waals surface area contributed by atoms with Crippen LogP contribution >= 0.6 is 0 Å². The maximum atomic E-state index is 13.3. The van der Waals surface area contributed by atoms with E-state index in [0.717, 1.165) is 24.3 Å². The van der Waals surface area contributed by atoms with E-state index in [4.69, 9.17) is 5.11 Å². The Bertz CT molecular complexity index is 466. The average Bonchev–Trinajstić information content (AvgIpc) is 2.24. The van der Waals surface area contributed by atoms with Gasteiger partial charge in [-0.1, -0.05) is 0 Å². The summed E-state index contributed by atoms with van der Waals surface area (Å²) in [6.45, 7) is -1.52. The lowest BCUT2D eigenvalue weighted by Crippen LogP contribution is -2.19. The lowest BCUT2D eigenvalue weighted by atomic mass is 10.2. The molecule has 0 aromatic heterocycles. The molecule has 1 aromatic carbocycles. The average molecular weight is 264 g/mol. The molecule has 7 heteroatoms. The highest BCUT2D eigenvalue weighted by Gasteiger charge is 2.28. The van der Waals surface area contributed by atoms with E-state index in [0.29, 0.717) is 6.08 Å². The standard InChI is InChI=1S/C11H8F4O3/c12-9-5-8(18-6-11(13,14)15)3-1-7(9)2-4-10(16)17/h1-5H,6H2,(H,16,17)/b4-2+. The van der Waals surface area contributed by atoms with Crippen LogP contribution in [0.1, 0.15) is 5.56 Å². The number of hydrogen-bond donors (Lipinski definition) is 1. The lowest BCUT2D eigenvalue weighted by molar-refractivity contribution is -0.153. The molecule has 0 saturated carbocycles. The number of rotatable bonds is 4. The maximum Gasteiger partial charge on any atom is 0.422 e. The summed E-state index contributed by atoms with van der Waals surface area (Å²) in [5.41, 5.74) is -0.0586. The van der Waals surface area contributed by atoms with Gasteiger partial charge in [0.1, 0.15) is 11.6 Å². The van der Waals surface area contributed by atoms with E-state index in [1.807, 2.05) is 0 Å². The molecular formula is C11H8F4O3. The number of carboxylic acids is 1. The first-order chi connectivity index (χ1) is 8.28. The monoisotopic (exact) mass is 264 g/mol. The third-order valence-electron chi connectivity index (χ3n) is 1.78. The molecule has 1 aromatic rings. The number of hydrogen-bond acceptors (Lipinski definition) is 2. The fourth-order valence-electron chi connectivity index (χ4n) is 1.06. The molecule has 0 radical (unpaired) electrons. The topological polar surface area (TPSA) is 46.5 Å². The van der Waals surface area contributed by atoms with Crippen molar-refractivity contribution in [3.05, 3.63) is 35.7 Å². The van der Waals surface area contributed by atoms with Gasteiger partial charge < -0.3 is 9.84 Å². The molecule has 0 saturated heterocycles. The normalized spacial score (nSPS) is 11.8. The molecule has 98 valence electrons. The first-order valence-electron chi connectivity index (χ1n) is 4.68. The van der Waals surface area contributed by atoms with Gasteiger partial charge in [-0.3, -0.25) is 0 Å². The van der Waals surface area contributed by atoms with E-state index < -0.39 is 24.6 Å². The van der Waals surface area contributed by atoms with Gasteiger partial charge in [0.25, 0.3) is 0 Å². The first-order valence-corrected chi connectivity index (χ1v) is 4.68. The summed E-state index contributed by atoms with van der Waals surface area (Å²) in [6, 6.07) is 3.00. The summed E-state index contributed by atoms with van der Waals surface area (Å²) in [4.78, 5) is 10.2. The number of alkyl halides is 3. The van der Waals surface area contributed by atoms with Crippen LogP contribution in [0.5, 0.6) is 5.75 Å². The number of benzene rings is 1. The second-order valence-electron chi connectivity index (χ2n) is 3.26. The highest BCUT2D eigenvalue weighted by atomic mass is 19.4. The third-order valence-corrected chi connectivity index (χ3v) is 1.78. The second kappa shape index (κ2) is 5.52. The number of carboxylic acid groups (broad SMARTS) is 1. The van der Waals surface area contributed by atoms with Crippen LogP contribution in [0.4, 0.5) is 17.6 Å². The second-order valence-corrected chi connectivity index (χ2v) is 3.26. The molecule has 0 heterocycles. The third kappa shape index (κ3) is 4.86. The predicted molar refractivity (Wildman–Crippen MR) is 54.6 cm³/mol. The maximum absolute atomic E-state index is 13.3.